The topological polar surface area (TPSA) is 46.2 Å². The predicted molar refractivity (Wildman–Crippen MR) is 74.6 cm³/mol. The van der Waals surface area contributed by atoms with Crippen molar-refractivity contribution in [2.24, 2.45) is 0 Å². The van der Waals surface area contributed by atoms with Crippen molar-refractivity contribution in [3.8, 4) is 0 Å². The van der Waals surface area contributed by atoms with E-state index in [1.165, 1.54) is 0 Å². The van der Waals surface area contributed by atoms with Crippen LogP contribution in [-0.4, -0.2) is 28.2 Å². The van der Waals surface area contributed by atoms with E-state index in [-0.39, 0.29) is 11.9 Å². The zero-order valence-electron chi connectivity index (χ0n) is 9.57. The first kappa shape index (κ1) is 14.5. The molecule has 3 nitrogen and oxygen atoms in total. The lowest BCUT2D eigenvalue weighted by Gasteiger charge is -2.13. The van der Waals surface area contributed by atoms with Gasteiger partial charge in [0.05, 0.1) is 10.6 Å². The van der Waals surface area contributed by atoms with Gasteiger partial charge < -0.3 is 5.32 Å². The van der Waals surface area contributed by atoms with E-state index >= 15 is 0 Å². The number of halogens is 1. The van der Waals surface area contributed by atoms with E-state index < -0.39 is 10.8 Å². The van der Waals surface area contributed by atoms with Gasteiger partial charge in [-0.1, -0.05) is 11.6 Å². The highest BCUT2D eigenvalue weighted by Crippen LogP contribution is 2.19. The van der Waals surface area contributed by atoms with Crippen molar-refractivity contribution in [3.05, 3.63) is 28.8 Å². The molecular weight excluding hydrogens is 278 g/mol. The molecule has 6 heteroatoms. The normalized spacial score (nSPS) is 14.1. The number of benzene rings is 1. The second-order valence-electron chi connectivity index (χ2n) is 3.78. The minimum atomic E-state index is -0.941. The van der Waals surface area contributed by atoms with Crippen molar-refractivity contribution in [2.75, 3.05) is 12.0 Å². The summed E-state index contributed by atoms with van der Waals surface area (Å²) in [6.07, 6.45) is 1.60. The molecule has 2 atom stereocenters. The molecule has 1 rings (SSSR count). The van der Waals surface area contributed by atoms with Crippen LogP contribution in [0.15, 0.2) is 23.1 Å². The Morgan fingerprint density at radius 2 is 2.24 bits per heavy atom. The second-order valence-corrected chi connectivity index (χ2v) is 6.18. The molecule has 0 fully saturated rings. The number of rotatable bonds is 4. The van der Waals surface area contributed by atoms with Crippen molar-refractivity contribution >= 4 is 40.9 Å². The average Bonchev–Trinajstić information content (AvgIpc) is 2.20. The molecule has 0 bridgehead atoms. The molecule has 0 radical (unpaired) electrons. The van der Waals surface area contributed by atoms with Gasteiger partial charge in [-0.05, 0) is 25.1 Å². The van der Waals surface area contributed by atoms with E-state index in [1.807, 2.05) is 0 Å². The molecule has 0 aromatic heterocycles. The van der Waals surface area contributed by atoms with E-state index in [9.17, 15) is 9.00 Å². The van der Waals surface area contributed by atoms with Crippen LogP contribution in [0.5, 0.6) is 0 Å². The maximum Gasteiger partial charge on any atom is 0.253 e. The van der Waals surface area contributed by atoms with Gasteiger partial charge in [0, 0.05) is 33.7 Å². The van der Waals surface area contributed by atoms with Gasteiger partial charge in [-0.2, -0.15) is 0 Å². The molecule has 0 aliphatic rings. The number of carbonyl (C=O) groups is 1. The lowest BCUT2D eigenvalue weighted by atomic mass is 10.2. The Morgan fingerprint density at radius 1 is 1.59 bits per heavy atom. The minimum absolute atomic E-state index is 0.159. The van der Waals surface area contributed by atoms with Crippen LogP contribution in [0.3, 0.4) is 0 Å². The van der Waals surface area contributed by atoms with Crippen LogP contribution < -0.4 is 5.32 Å². The Balaban J connectivity index is 2.76. The highest BCUT2D eigenvalue weighted by Gasteiger charge is 2.14. The van der Waals surface area contributed by atoms with Crippen LogP contribution in [0, 0.1) is 0 Å². The molecule has 1 aromatic rings. The maximum atomic E-state index is 11.9. The Labute approximate surface area is 114 Å². The zero-order chi connectivity index (χ0) is 13.0. The average molecular weight is 292 g/mol. The summed E-state index contributed by atoms with van der Waals surface area (Å²) >= 11 is 10.1. The third kappa shape index (κ3) is 4.69. The summed E-state index contributed by atoms with van der Waals surface area (Å²) in [5.41, 5.74) is 0.382. The highest BCUT2D eigenvalue weighted by atomic mass is 35.5. The van der Waals surface area contributed by atoms with E-state index in [1.54, 1.807) is 31.4 Å². The van der Waals surface area contributed by atoms with E-state index in [0.29, 0.717) is 21.2 Å². The van der Waals surface area contributed by atoms with E-state index in [0.717, 1.165) is 0 Å². The fraction of sp³-hybridized carbons (Fsp3) is 0.364. The van der Waals surface area contributed by atoms with Crippen molar-refractivity contribution in [3.63, 3.8) is 0 Å². The van der Waals surface area contributed by atoms with Crippen LogP contribution >= 0.6 is 24.2 Å². The van der Waals surface area contributed by atoms with Gasteiger partial charge in [-0.15, -0.1) is 12.6 Å². The Hall–Kier alpha value is -0.520. The van der Waals surface area contributed by atoms with Gasteiger partial charge in [0.2, 0.25) is 0 Å². The van der Waals surface area contributed by atoms with Crippen LogP contribution in [-0.2, 0) is 10.8 Å². The number of nitrogens with one attached hydrogen (secondary N) is 1. The quantitative estimate of drug-likeness (QED) is 0.835. The van der Waals surface area contributed by atoms with Gasteiger partial charge in [0.15, 0.2) is 0 Å². The number of thiol groups is 1. The molecule has 2 unspecified atom stereocenters. The molecule has 1 N–H and O–H groups in total. The molecule has 0 saturated carbocycles. The maximum absolute atomic E-state index is 11.9. The molecule has 1 aromatic carbocycles. The summed E-state index contributed by atoms with van der Waals surface area (Å²) in [4.78, 5) is 12.6. The van der Waals surface area contributed by atoms with Crippen molar-refractivity contribution in [2.45, 2.75) is 17.9 Å². The first-order valence-corrected chi connectivity index (χ1v) is 7.54. The number of hydrogen-bond acceptors (Lipinski definition) is 3. The summed E-state index contributed by atoms with van der Waals surface area (Å²) < 4.78 is 11.0. The van der Waals surface area contributed by atoms with Crippen LogP contribution in [0.2, 0.25) is 5.02 Å². The molecule has 0 aliphatic carbocycles. The molecule has 0 aliphatic heterocycles. The first-order valence-electron chi connectivity index (χ1n) is 4.99. The van der Waals surface area contributed by atoms with Crippen LogP contribution in [0.4, 0.5) is 0 Å². The molecule has 1 amide bonds. The molecular formula is C11H14ClNO2S2. The van der Waals surface area contributed by atoms with Gasteiger partial charge in [-0.3, -0.25) is 9.00 Å². The van der Waals surface area contributed by atoms with Crippen molar-refractivity contribution < 1.29 is 9.00 Å². The van der Waals surface area contributed by atoms with Crippen molar-refractivity contribution in [1.82, 2.24) is 5.32 Å². The summed E-state index contributed by atoms with van der Waals surface area (Å²) in [7, 11) is -0.941. The Kier molecular flexibility index (Phi) is 5.49. The molecule has 0 spiro atoms. The van der Waals surface area contributed by atoms with Gasteiger partial charge in [0.1, 0.15) is 0 Å². The van der Waals surface area contributed by atoms with Gasteiger partial charge in [-0.25, -0.2) is 0 Å². The smallest absolute Gasteiger partial charge is 0.253 e. The Bertz CT molecular complexity index is 451. The summed E-state index contributed by atoms with van der Waals surface area (Å²) in [6.45, 7) is 1.80. The molecule has 0 saturated heterocycles. The monoisotopic (exact) mass is 291 g/mol. The highest BCUT2D eigenvalue weighted by molar-refractivity contribution is 7.84. The first-order chi connectivity index (χ1) is 7.90. The van der Waals surface area contributed by atoms with Crippen molar-refractivity contribution in [1.29, 1.82) is 0 Å². The zero-order valence-corrected chi connectivity index (χ0v) is 12.0. The number of amides is 1. The summed E-state index contributed by atoms with van der Waals surface area (Å²) in [5.74, 6) is 0.146. The van der Waals surface area contributed by atoms with Gasteiger partial charge in [0.25, 0.3) is 5.91 Å². The predicted octanol–water partition coefficient (Wildman–Crippen LogP) is 2.13. The fourth-order valence-corrected chi connectivity index (χ4v) is 2.58. The van der Waals surface area contributed by atoms with Gasteiger partial charge >= 0.3 is 0 Å². The molecule has 17 heavy (non-hydrogen) atoms. The third-order valence-electron chi connectivity index (χ3n) is 2.06. The Morgan fingerprint density at radius 3 is 2.82 bits per heavy atom. The van der Waals surface area contributed by atoms with Crippen LogP contribution in [0.25, 0.3) is 0 Å². The largest absolute Gasteiger partial charge is 0.349 e. The van der Waals surface area contributed by atoms with E-state index in [2.05, 4.69) is 17.9 Å². The number of carbonyl (C=O) groups excluding carboxylic acids is 1. The SMILES string of the molecule is CC(CS(C)=O)NC(=O)c1cc(S)ccc1Cl. The third-order valence-corrected chi connectivity index (χ3v) is 3.63. The minimum Gasteiger partial charge on any atom is -0.349 e. The number of hydrogen-bond donors (Lipinski definition) is 2. The summed E-state index contributed by atoms with van der Waals surface area (Å²) in [6, 6.07) is 4.79. The standard InChI is InChI=1S/C11H14ClNO2S2/c1-7(6-17(2)15)13-11(14)9-5-8(16)3-4-10(9)12/h3-5,7,16H,6H2,1-2H3,(H,13,14). The molecule has 94 valence electrons. The lowest BCUT2D eigenvalue weighted by Crippen LogP contribution is -2.36. The fourth-order valence-electron chi connectivity index (χ4n) is 1.38. The lowest BCUT2D eigenvalue weighted by molar-refractivity contribution is 0.0943. The van der Waals surface area contributed by atoms with E-state index in [4.69, 9.17) is 11.6 Å². The van der Waals surface area contributed by atoms with Crippen LogP contribution in [0.1, 0.15) is 17.3 Å². The summed E-state index contributed by atoms with van der Waals surface area (Å²) in [5, 5.41) is 3.12. The molecule has 0 heterocycles. The second kappa shape index (κ2) is 6.42.